The molecule has 3 N–H and O–H groups in total. The van der Waals surface area contributed by atoms with Crippen molar-refractivity contribution in [3.8, 4) is 11.5 Å². The van der Waals surface area contributed by atoms with E-state index < -0.39 is 5.97 Å². The Bertz CT molecular complexity index is 338. The monoisotopic (exact) mass is 197 g/mol. The minimum absolute atomic E-state index is 0.383. The van der Waals surface area contributed by atoms with Crippen LogP contribution in [0.15, 0.2) is 18.2 Å². The van der Waals surface area contributed by atoms with Crippen LogP contribution in [0.25, 0.3) is 0 Å². The molecule has 1 rings (SSSR count). The summed E-state index contributed by atoms with van der Waals surface area (Å²) in [4.78, 5) is 10.2. The number of carbonyl (C=O) groups is 1. The van der Waals surface area contributed by atoms with Gasteiger partial charge in [0, 0.05) is 6.07 Å². The number of hydrogen-bond acceptors (Lipinski definition) is 4. The minimum Gasteiger partial charge on any atom is -0.495 e. The van der Waals surface area contributed by atoms with Crippen molar-refractivity contribution in [3.05, 3.63) is 18.2 Å². The zero-order valence-electron chi connectivity index (χ0n) is 7.69. The number of aliphatic carboxylic acids is 1. The van der Waals surface area contributed by atoms with Gasteiger partial charge in [0.15, 0.2) is 6.61 Å². The molecule has 0 heterocycles. The number of nitrogen functional groups attached to an aromatic ring is 1. The lowest BCUT2D eigenvalue weighted by atomic mass is 10.3. The van der Waals surface area contributed by atoms with E-state index in [1.54, 1.807) is 12.1 Å². The molecule has 0 amide bonds. The predicted molar refractivity (Wildman–Crippen MR) is 50.5 cm³/mol. The Morgan fingerprint density at radius 1 is 1.57 bits per heavy atom. The summed E-state index contributed by atoms with van der Waals surface area (Å²) in [6.45, 7) is -0.383. The largest absolute Gasteiger partial charge is 0.495 e. The molecule has 0 unspecified atom stereocenters. The second kappa shape index (κ2) is 4.36. The molecule has 14 heavy (non-hydrogen) atoms. The molecule has 0 saturated heterocycles. The molecular formula is C9H11NO4. The zero-order valence-corrected chi connectivity index (χ0v) is 7.69. The third-order valence-corrected chi connectivity index (χ3v) is 1.56. The highest BCUT2D eigenvalue weighted by atomic mass is 16.5. The fourth-order valence-corrected chi connectivity index (χ4v) is 0.947. The molecule has 0 fully saturated rings. The summed E-state index contributed by atoms with van der Waals surface area (Å²) in [5.74, 6) is -0.0854. The Hall–Kier alpha value is -1.91. The van der Waals surface area contributed by atoms with E-state index >= 15 is 0 Å². The van der Waals surface area contributed by atoms with Gasteiger partial charge in [0.25, 0.3) is 0 Å². The van der Waals surface area contributed by atoms with E-state index in [0.717, 1.165) is 0 Å². The molecule has 0 aliphatic rings. The maximum Gasteiger partial charge on any atom is 0.341 e. The quantitative estimate of drug-likeness (QED) is 0.696. The van der Waals surface area contributed by atoms with Crippen LogP contribution in [0.4, 0.5) is 5.69 Å². The van der Waals surface area contributed by atoms with E-state index in [2.05, 4.69) is 0 Å². The number of rotatable bonds is 4. The van der Waals surface area contributed by atoms with Crippen molar-refractivity contribution in [1.29, 1.82) is 0 Å². The first kappa shape index (κ1) is 10.2. The van der Waals surface area contributed by atoms with E-state index in [0.29, 0.717) is 17.2 Å². The Balaban J connectivity index is 2.71. The number of ether oxygens (including phenoxy) is 2. The number of hydrogen-bond donors (Lipinski definition) is 2. The zero-order chi connectivity index (χ0) is 10.6. The van der Waals surface area contributed by atoms with Gasteiger partial charge in [0.05, 0.1) is 12.8 Å². The molecule has 1 aromatic rings. The lowest BCUT2D eigenvalue weighted by molar-refractivity contribution is -0.139. The van der Waals surface area contributed by atoms with Crippen molar-refractivity contribution in [1.82, 2.24) is 0 Å². The molecule has 0 radical (unpaired) electrons. The summed E-state index contributed by atoms with van der Waals surface area (Å²) in [5.41, 5.74) is 6.00. The normalized spacial score (nSPS) is 9.50. The second-order valence-electron chi connectivity index (χ2n) is 2.59. The van der Waals surface area contributed by atoms with E-state index in [9.17, 15) is 4.79 Å². The summed E-state index contributed by atoms with van der Waals surface area (Å²) < 4.78 is 9.84. The average molecular weight is 197 g/mol. The molecule has 5 nitrogen and oxygen atoms in total. The van der Waals surface area contributed by atoms with Gasteiger partial charge in [-0.2, -0.15) is 0 Å². The van der Waals surface area contributed by atoms with E-state index in [1.165, 1.54) is 13.2 Å². The fourth-order valence-electron chi connectivity index (χ4n) is 0.947. The lowest BCUT2D eigenvalue weighted by Gasteiger charge is -2.07. The van der Waals surface area contributed by atoms with Crippen LogP contribution in [-0.4, -0.2) is 24.8 Å². The Labute approximate surface area is 81.0 Å². The minimum atomic E-state index is -1.03. The second-order valence-corrected chi connectivity index (χ2v) is 2.59. The summed E-state index contributed by atoms with van der Waals surface area (Å²) >= 11 is 0. The summed E-state index contributed by atoms with van der Waals surface area (Å²) in [7, 11) is 1.50. The average Bonchev–Trinajstić information content (AvgIpc) is 2.15. The van der Waals surface area contributed by atoms with Gasteiger partial charge in [-0.1, -0.05) is 0 Å². The number of benzene rings is 1. The van der Waals surface area contributed by atoms with Gasteiger partial charge in [-0.05, 0) is 12.1 Å². The maximum absolute atomic E-state index is 10.2. The smallest absolute Gasteiger partial charge is 0.341 e. The van der Waals surface area contributed by atoms with Gasteiger partial charge in [0.1, 0.15) is 11.5 Å². The van der Waals surface area contributed by atoms with Gasteiger partial charge in [-0.3, -0.25) is 0 Å². The van der Waals surface area contributed by atoms with Gasteiger partial charge >= 0.3 is 5.97 Å². The molecule has 0 atom stereocenters. The summed E-state index contributed by atoms with van der Waals surface area (Å²) in [6.07, 6.45) is 0. The van der Waals surface area contributed by atoms with Crippen LogP contribution in [0.1, 0.15) is 0 Å². The Morgan fingerprint density at radius 2 is 2.29 bits per heavy atom. The van der Waals surface area contributed by atoms with Crippen LogP contribution in [0, 0.1) is 0 Å². The summed E-state index contributed by atoms with van der Waals surface area (Å²) in [6, 6.07) is 4.73. The van der Waals surface area contributed by atoms with Crippen molar-refractivity contribution in [2.24, 2.45) is 0 Å². The number of nitrogens with two attached hydrogens (primary N) is 1. The molecule has 0 aliphatic carbocycles. The molecule has 0 bridgehead atoms. The fraction of sp³-hybridized carbons (Fsp3) is 0.222. The highest BCUT2D eigenvalue weighted by Crippen LogP contribution is 2.25. The number of methoxy groups -OCH3 is 1. The van der Waals surface area contributed by atoms with Crippen LogP contribution in [0.3, 0.4) is 0 Å². The van der Waals surface area contributed by atoms with Crippen LogP contribution in [0.5, 0.6) is 11.5 Å². The number of anilines is 1. The highest BCUT2D eigenvalue weighted by Gasteiger charge is 2.03. The highest BCUT2D eigenvalue weighted by molar-refractivity contribution is 5.68. The Morgan fingerprint density at radius 3 is 2.79 bits per heavy atom. The van der Waals surface area contributed by atoms with Gasteiger partial charge in [-0.25, -0.2) is 4.79 Å². The summed E-state index contributed by atoms with van der Waals surface area (Å²) in [5, 5.41) is 8.36. The molecule has 0 spiro atoms. The molecule has 1 aromatic carbocycles. The molecule has 76 valence electrons. The first-order valence-corrected chi connectivity index (χ1v) is 3.91. The van der Waals surface area contributed by atoms with Crippen molar-refractivity contribution < 1.29 is 19.4 Å². The van der Waals surface area contributed by atoms with E-state index in [-0.39, 0.29) is 6.61 Å². The van der Waals surface area contributed by atoms with Crippen molar-refractivity contribution in [3.63, 3.8) is 0 Å². The maximum atomic E-state index is 10.2. The topological polar surface area (TPSA) is 81.8 Å². The van der Waals surface area contributed by atoms with Crippen molar-refractivity contribution in [2.75, 3.05) is 19.5 Å². The van der Waals surface area contributed by atoms with Crippen molar-refractivity contribution >= 4 is 11.7 Å². The molecule has 0 saturated carbocycles. The van der Waals surface area contributed by atoms with Gasteiger partial charge in [-0.15, -0.1) is 0 Å². The third kappa shape index (κ3) is 2.55. The molecule has 0 aliphatic heterocycles. The standard InChI is InChI=1S/C9H11NO4/c1-13-8-3-2-6(4-7(8)10)14-5-9(11)12/h2-4H,5,10H2,1H3,(H,11,12). The Kier molecular flexibility index (Phi) is 3.17. The van der Waals surface area contributed by atoms with Crippen LogP contribution in [0.2, 0.25) is 0 Å². The van der Waals surface area contributed by atoms with Crippen LogP contribution in [-0.2, 0) is 4.79 Å². The SMILES string of the molecule is COc1ccc(OCC(=O)O)cc1N. The van der Waals surface area contributed by atoms with Gasteiger partial charge < -0.3 is 20.3 Å². The van der Waals surface area contributed by atoms with Gasteiger partial charge in [0.2, 0.25) is 0 Å². The molecular weight excluding hydrogens is 186 g/mol. The van der Waals surface area contributed by atoms with Crippen molar-refractivity contribution in [2.45, 2.75) is 0 Å². The molecule has 5 heteroatoms. The first-order valence-electron chi connectivity index (χ1n) is 3.91. The lowest BCUT2D eigenvalue weighted by Crippen LogP contribution is -2.09. The van der Waals surface area contributed by atoms with E-state index in [1.807, 2.05) is 0 Å². The predicted octanol–water partition coefficient (Wildman–Crippen LogP) is 0.741. The van der Waals surface area contributed by atoms with Crippen LogP contribution < -0.4 is 15.2 Å². The molecule has 0 aromatic heterocycles. The van der Waals surface area contributed by atoms with Crippen LogP contribution >= 0.6 is 0 Å². The number of carboxylic acids is 1. The number of carboxylic acid groups (broad SMARTS) is 1. The first-order chi connectivity index (χ1) is 6.63. The third-order valence-electron chi connectivity index (χ3n) is 1.56. The van der Waals surface area contributed by atoms with E-state index in [4.69, 9.17) is 20.3 Å².